The largest absolute Gasteiger partial charge is 0.669 e. The molecule has 1 aliphatic carbocycles. The molecule has 0 radical (unpaired) electrons. The number of hydrogen-bond acceptors (Lipinski definition) is 9. The number of likely N-dealkylation sites (tertiary alicyclic amines) is 1. The van der Waals surface area contributed by atoms with Crippen molar-refractivity contribution in [2.45, 2.75) is 42.8 Å². The average molecular weight is 404 g/mol. The summed E-state index contributed by atoms with van der Waals surface area (Å²) in [5.41, 5.74) is 0.269. The van der Waals surface area contributed by atoms with E-state index >= 15 is 0 Å². The number of fused-ring (bicyclic) bond motifs is 3. The Labute approximate surface area is 166 Å². The minimum atomic E-state index is -3.12. The van der Waals surface area contributed by atoms with Crippen LogP contribution in [0.2, 0.25) is 5.82 Å². The maximum Gasteiger partial charge on any atom is 0.434 e. The van der Waals surface area contributed by atoms with Gasteiger partial charge in [0.25, 0.3) is 0 Å². The molecule has 4 N–H and O–H groups in total. The third-order valence-electron chi connectivity index (χ3n) is 6.30. The molecule has 1 saturated carbocycles. The first-order valence-electron chi connectivity index (χ1n) is 9.78. The molecule has 4 atom stereocenters. The fourth-order valence-corrected chi connectivity index (χ4v) is 4.60. The lowest BCUT2D eigenvalue weighted by Crippen LogP contribution is -2.59. The molecule has 11 heteroatoms. The molecule has 0 bridgehead atoms. The highest BCUT2D eigenvalue weighted by Gasteiger charge is 2.55. The van der Waals surface area contributed by atoms with Crippen LogP contribution in [0.4, 0.5) is 0 Å². The second-order valence-electron chi connectivity index (χ2n) is 8.36. The monoisotopic (exact) mass is 404 g/mol. The number of aliphatic hydroxyl groups excluding tert-OH is 1. The average Bonchev–Trinajstić information content (AvgIpc) is 3.32. The van der Waals surface area contributed by atoms with E-state index in [1.807, 2.05) is 0 Å². The minimum Gasteiger partial charge on any atom is -0.669 e. The molecule has 0 unspecified atom stereocenters. The molecule has 1 amide bonds. The van der Waals surface area contributed by atoms with Gasteiger partial charge in [0.15, 0.2) is 0 Å². The van der Waals surface area contributed by atoms with Crippen molar-refractivity contribution in [3.63, 3.8) is 0 Å². The van der Waals surface area contributed by atoms with Crippen molar-refractivity contribution in [3.05, 3.63) is 23.3 Å². The normalized spacial score (nSPS) is 31.9. The van der Waals surface area contributed by atoms with Crippen molar-refractivity contribution in [3.8, 4) is 11.5 Å². The van der Waals surface area contributed by atoms with E-state index in [0.29, 0.717) is 24.9 Å². The fraction of sp³-hybridized carbons (Fsp3) is 0.556. The molecule has 5 rings (SSSR count). The van der Waals surface area contributed by atoms with Crippen molar-refractivity contribution in [2.75, 3.05) is 19.6 Å². The molecule has 4 aliphatic rings. The number of nitrogens with one attached hydrogen (secondary N) is 1. The van der Waals surface area contributed by atoms with E-state index in [1.165, 1.54) is 6.07 Å². The number of carboxylic acids is 1. The molecule has 3 heterocycles. The second kappa shape index (κ2) is 6.33. The third kappa shape index (κ3) is 3.05. The van der Waals surface area contributed by atoms with E-state index in [9.17, 15) is 29.9 Å². The van der Waals surface area contributed by atoms with Crippen molar-refractivity contribution >= 4 is 18.6 Å². The summed E-state index contributed by atoms with van der Waals surface area (Å²) in [6, 6.07) is 2.79. The maximum absolute atomic E-state index is 12.4. The number of ether oxygens (including phenoxy) is 1. The number of aliphatic hydroxyl groups is 1. The summed E-state index contributed by atoms with van der Waals surface area (Å²) in [5.74, 6) is -2.31. The predicted molar refractivity (Wildman–Crippen MR) is 96.1 cm³/mol. The number of carbonyl (C=O) groups is 2. The quantitative estimate of drug-likeness (QED) is 0.400. The van der Waals surface area contributed by atoms with Crippen molar-refractivity contribution < 1.29 is 39.2 Å². The lowest BCUT2D eigenvalue weighted by atomic mass is 9.68. The van der Waals surface area contributed by atoms with Gasteiger partial charge in [-0.1, -0.05) is 18.3 Å². The SMILES string of the molecule is O=C([O-])c1c(OC2CN(C(=O)[C@@H]3C[C@@H](O)CN3)C2)ccc2c1O[B-](O)(O)[C@@H]1C[C@H]21. The highest BCUT2D eigenvalue weighted by molar-refractivity contribution is 6.62. The standard InChI is InChI=1S/C18H22BN2O8/c22-8-3-13(20-5-8)17(23)21-6-9(7-21)28-14-2-1-10-11-4-12(11)19(26,27)29-16(10)15(14)18(24)25/h1-2,8-9,11-13,20,22,26-27H,3-7H2,(H,24,25)/q-1/p-1/t8-,11-,12-,13+/m1/s1. The Balaban J connectivity index is 1.30. The van der Waals surface area contributed by atoms with Gasteiger partial charge in [-0.25, -0.2) is 0 Å². The number of aromatic carboxylic acids is 1. The topological polar surface area (TPSA) is 152 Å². The Bertz CT molecular complexity index is 887. The van der Waals surface area contributed by atoms with E-state index in [2.05, 4.69) is 5.32 Å². The lowest BCUT2D eigenvalue weighted by Gasteiger charge is -2.41. The van der Waals surface area contributed by atoms with Gasteiger partial charge in [-0.2, -0.15) is 0 Å². The maximum atomic E-state index is 12.4. The number of hydrogen-bond donors (Lipinski definition) is 4. The van der Waals surface area contributed by atoms with Crippen molar-refractivity contribution in [1.82, 2.24) is 10.2 Å². The van der Waals surface area contributed by atoms with Crippen molar-refractivity contribution in [2.24, 2.45) is 0 Å². The van der Waals surface area contributed by atoms with E-state index in [-0.39, 0.29) is 42.0 Å². The third-order valence-corrected chi connectivity index (χ3v) is 6.30. The number of carboxylic acid groups (broad SMARTS) is 1. The summed E-state index contributed by atoms with van der Waals surface area (Å²) in [6.07, 6.45) is -0.0456. The van der Waals surface area contributed by atoms with Gasteiger partial charge in [0, 0.05) is 6.54 Å². The zero-order chi connectivity index (χ0) is 20.5. The molecule has 1 aromatic rings. The summed E-state index contributed by atoms with van der Waals surface area (Å²) in [6.45, 7) is -2.16. The molecule has 29 heavy (non-hydrogen) atoms. The Morgan fingerprint density at radius 1 is 1.28 bits per heavy atom. The van der Waals surface area contributed by atoms with Crippen LogP contribution in [0.3, 0.4) is 0 Å². The molecule has 156 valence electrons. The van der Waals surface area contributed by atoms with E-state index in [0.717, 1.165) is 0 Å². The van der Waals surface area contributed by atoms with Gasteiger partial charge in [-0.3, -0.25) is 4.79 Å². The first-order chi connectivity index (χ1) is 13.7. The Hall–Kier alpha value is -2.34. The van der Waals surface area contributed by atoms with Gasteiger partial charge in [0.2, 0.25) is 5.91 Å². The second-order valence-corrected chi connectivity index (χ2v) is 8.36. The molecule has 10 nitrogen and oxygen atoms in total. The predicted octanol–water partition coefficient (Wildman–Crippen LogP) is -2.46. The Kier molecular flexibility index (Phi) is 4.08. The summed E-state index contributed by atoms with van der Waals surface area (Å²) in [7, 11) is 0. The summed E-state index contributed by atoms with van der Waals surface area (Å²) in [4.78, 5) is 25.7. The summed E-state index contributed by atoms with van der Waals surface area (Å²) in [5, 5.41) is 44.4. The van der Waals surface area contributed by atoms with E-state index < -0.39 is 36.8 Å². The first kappa shape index (κ1) is 18.7. The van der Waals surface area contributed by atoms with Crippen LogP contribution in [-0.2, 0) is 4.79 Å². The number of benzene rings is 1. The lowest BCUT2D eigenvalue weighted by molar-refractivity contribution is -0.255. The number of β-amino-alcohol motifs (C(OH)–C–C–N with tert-alkyl or cyclic N) is 1. The minimum absolute atomic E-state index is 0.0148. The zero-order valence-electron chi connectivity index (χ0n) is 15.5. The molecular formula is C18H21BN2O8-2. The Morgan fingerprint density at radius 2 is 2.03 bits per heavy atom. The molecule has 2 saturated heterocycles. The van der Waals surface area contributed by atoms with Crippen LogP contribution >= 0.6 is 0 Å². The van der Waals surface area contributed by atoms with Crippen LogP contribution in [0, 0.1) is 0 Å². The van der Waals surface area contributed by atoms with Gasteiger partial charge < -0.3 is 44.7 Å². The summed E-state index contributed by atoms with van der Waals surface area (Å²) >= 11 is 0. The van der Waals surface area contributed by atoms with Gasteiger partial charge in [-0.15, -0.1) is 0 Å². The first-order valence-corrected chi connectivity index (χ1v) is 9.78. The van der Waals surface area contributed by atoms with Gasteiger partial charge >= 0.3 is 6.75 Å². The highest BCUT2D eigenvalue weighted by atomic mass is 16.6. The molecular weight excluding hydrogens is 383 g/mol. The van der Waals surface area contributed by atoms with Crippen LogP contribution in [0.25, 0.3) is 0 Å². The van der Waals surface area contributed by atoms with Gasteiger partial charge in [0.05, 0.1) is 42.5 Å². The smallest absolute Gasteiger partial charge is 0.434 e. The molecule has 3 aliphatic heterocycles. The fourth-order valence-electron chi connectivity index (χ4n) is 4.60. The molecule has 3 fully saturated rings. The molecule has 1 aromatic carbocycles. The van der Waals surface area contributed by atoms with Crippen molar-refractivity contribution in [1.29, 1.82) is 0 Å². The number of nitrogens with zero attached hydrogens (tertiary/aromatic N) is 1. The van der Waals surface area contributed by atoms with Gasteiger partial charge in [-0.05, 0) is 24.0 Å². The van der Waals surface area contributed by atoms with E-state index in [4.69, 9.17) is 9.39 Å². The summed E-state index contributed by atoms with van der Waals surface area (Å²) < 4.78 is 11.0. The van der Waals surface area contributed by atoms with Crippen LogP contribution in [0.5, 0.6) is 11.5 Å². The number of amides is 1. The number of rotatable bonds is 4. The van der Waals surface area contributed by atoms with E-state index in [1.54, 1.807) is 11.0 Å². The van der Waals surface area contributed by atoms with Crippen LogP contribution < -0.4 is 19.8 Å². The number of carbonyl (C=O) groups excluding carboxylic acids is 2. The van der Waals surface area contributed by atoms with Gasteiger partial charge in [0.1, 0.15) is 11.9 Å². The Morgan fingerprint density at radius 3 is 2.69 bits per heavy atom. The van der Waals surface area contributed by atoms with Crippen LogP contribution in [-0.4, -0.2) is 76.6 Å². The van der Waals surface area contributed by atoms with Crippen LogP contribution in [0.1, 0.15) is 34.7 Å². The molecule has 0 aromatic heterocycles. The molecule has 0 spiro atoms. The zero-order valence-corrected chi connectivity index (χ0v) is 15.5. The van der Waals surface area contributed by atoms with Crippen LogP contribution in [0.15, 0.2) is 12.1 Å². The highest BCUT2D eigenvalue weighted by Crippen LogP contribution is 2.63.